The largest absolute Gasteiger partial charge is 0.497 e. The van der Waals surface area contributed by atoms with Crippen LogP contribution < -0.4 is 15.2 Å². The number of hydrogen-bond donors (Lipinski definition) is 1. The van der Waals surface area contributed by atoms with Crippen molar-refractivity contribution in [2.24, 2.45) is 17.6 Å². The summed E-state index contributed by atoms with van der Waals surface area (Å²) in [7, 11) is 3.38. The van der Waals surface area contributed by atoms with E-state index in [1.54, 1.807) is 14.2 Å². The van der Waals surface area contributed by atoms with E-state index in [1.807, 2.05) is 18.2 Å². The quantitative estimate of drug-likeness (QED) is 0.910. The fourth-order valence-corrected chi connectivity index (χ4v) is 3.60. The lowest BCUT2D eigenvalue weighted by atomic mass is 9.69. The second-order valence-corrected chi connectivity index (χ2v) is 6.08. The smallest absolute Gasteiger partial charge is 0.124 e. The average molecular weight is 263 g/mol. The second kappa shape index (κ2) is 5.41. The van der Waals surface area contributed by atoms with Gasteiger partial charge in [-0.05, 0) is 49.3 Å². The Bertz CT molecular complexity index is 434. The van der Waals surface area contributed by atoms with Crippen molar-refractivity contribution in [2.75, 3.05) is 14.2 Å². The predicted molar refractivity (Wildman–Crippen MR) is 77.6 cm³/mol. The summed E-state index contributed by atoms with van der Waals surface area (Å²) in [5.74, 6) is 2.99. The first-order chi connectivity index (χ1) is 8.98. The van der Waals surface area contributed by atoms with Crippen LogP contribution in [-0.4, -0.2) is 14.2 Å². The van der Waals surface area contributed by atoms with Crippen LogP contribution in [0.5, 0.6) is 11.5 Å². The number of rotatable bonds is 3. The Labute approximate surface area is 116 Å². The molecule has 0 saturated heterocycles. The molecule has 0 radical (unpaired) electrons. The molecule has 0 amide bonds. The lowest BCUT2D eigenvalue weighted by molar-refractivity contribution is 0.179. The summed E-state index contributed by atoms with van der Waals surface area (Å²) in [5, 5.41) is 0. The van der Waals surface area contributed by atoms with Crippen molar-refractivity contribution in [1.29, 1.82) is 0 Å². The summed E-state index contributed by atoms with van der Waals surface area (Å²) in [6.07, 6.45) is 3.26. The molecular weight excluding hydrogens is 238 g/mol. The summed E-state index contributed by atoms with van der Waals surface area (Å²) in [5.41, 5.74) is 7.49. The van der Waals surface area contributed by atoms with Gasteiger partial charge in [-0.15, -0.1) is 0 Å². The average Bonchev–Trinajstić information content (AvgIpc) is 2.36. The Hall–Kier alpha value is -1.22. The molecule has 3 heteroatoms. The monoisotopic (exact) mass is 263 g/mol. The van der Waals surface area contributed by atoms with Crippen molar-refractivity contribution in [1.82, 2.24) is 0 Å². The van der Waals surface area contributed by atoms with E-state index in [9.17, 15) is 0 Å². The normalized spacial score (nSPS) is 31.0. The van der Waals surface area contributed by atoms with Gasteiger partial charge in [0.25, 0.3) is 0 Å². The topological polar surface area (TPSA) is 44.5 Å². The maximum absolute atomic E-state index is 6.73. The fourth-order valence-electron chi connectivity index (χ4n) is 3.60. The maximum Gasteiger partial charge on any atom is 0.124 e. The Morgan fingerprint density at radius 1 is 1.11 bits per heavy atom. The highest BCUT2D eigenvalue weighted by atomic mass is 16.5. The molecule has 0 bridgehead atoms. The molecule has 0 spiro atoms. The molecule has 0 aliphatic heterocycles. The van der Waals surface area contributed by atoms with Crippen LogP contribution in [-0.2, 0) is 5.54 Å². The molecule has 1 saturated carbocycles. The van der Waals surface area contributed by atoms with E-state index in [2.05, 4.69) is 13.8 Å². The molecule has 2 atom stereocenters. The number of ether oxygens (including phenoxy) is 2. The molecule has 1 aromatic rings. The van der Waals surface area contributed by atoms with Crippen LogP contribution in [0.25, 0.3) is 0 Å². The Balaban J connectivity index is 2.43. The van der Waals surface area contributed by atoms with Crippen molar-refractivity contribution < 1.29 is 9.47 Å². The molecule has 0 heterocycles. The minimum absolute atomic E-state index is 0.309. The summed E-state index contributed by atoms with van der Waals surface area (Å²) in [6.45, 7) is 4.56. The number of benzene rings is 1. The van der Waals surface area contributed by atoms with Crippen molar-refractivity contribution in [3.05, 3.63) is 23.8 Å². The summed E-state index contributed by atoms with van der Waals surface area (Å²) in [4.78, 5) is 0. The molecule has 106 valence electrons. The van der Waals surface area contributed by atoms with Gasteiger partial charge in [0.05, 0.1) is 14.2 Å². The standard InChI is InChI=1S/C16H25NO2/c1-11-7-12(2)10-16(17,9-11)14-8-13(18-3)5-6-15(14)19-4/h5-6,8,11-12H,7,9-10,17H2,1-4H3. The lowest BCUT2D eigenvalue weighted by Gasteiger charge is -2.41. The van der Waals surface area contributed by atoms with Gasteiger partial charge in [-0.25, -0.2) is 0 Å². The lowest BCUT2D eigenvalue weighted by Crippen LogP contribution is -2.43. The number of methoxy groups -OCH3 is 2. The Morgan fingerprint density at radius 3 is 2.26 bits per heavy atom. The Morgan fingerprint density at radius 2 is 1.74 bits per heavy atom. The molecule has 1 aliphatic rings. The Kier molecular flexibility index (Phi) is 4.04. The highest BCUT2D eigenvalue weighted by Crippen LogP contribution is 2.44. The first-order valence-corrected chi connectivity index (χ1v) is 7.00. The SMILES string of the molecule is COc1ccc(OC)c(C2(N)CC(C)CC(C)C2)c1. The minimum Gasteiger partial charge on any atom is -0.497 e. The highest BCUT2D eigenvalue weighted by Gasteiger charge is 2.38. The third kappa shape index (κ3) is 2.86. The first-order valence-electron chi connectivity index (χ1n) is 7.00. The van der Waals surface area contributed by atoms with Crippen molar-refractivity contribution >= 4 is 0 Å². The van der Waals surface area contributed by atoms with Gasteiger partial charge in [0.1, 0.15) is 11.5 Å². The number of nitrogens with two attached hydrogens (primary N) is 1. The van der Waals surface area contributed by atoms with Crippen LogP contribution in [0.3, 0.4) is 0 Å². The molecule has 2 N–H and O–H groups in total. The van der Waals surface area contributed by atoms with Gasteiger partial charge in [0.2, 0.25) is 0 Å². The van der Waals surface area contributed by atoms with Gasteiger partial charge in [-0.2, -0.15) is 0 Å². The predicted octanol–water partition coefficient (Wildman–Crippen LogP) is 3.31. The van der Waals surface area contributed by atoms with Crippen LogP contribution >= 0.6 is 0 Å². The van der Waals surface area contributed by atoms with E-state index in [-0.39, 0.29) is 5.54 Å². The van der Waals surface area contributed by atoms with Gasteiger partial charge in [0, 0.05) is 11.1 Å². The van der Waals surface area contributed by atoms with Gasteiger partial charge in [-0.3, -0.25) is 0 Å². The van der Waals surface area contributed by atoms with Crippen molar-refractivity contribution in [3.8, 4) is 11.5 Å². The molecule has 0 aromatic heterocycles. The molecular formula is C16H25NO2. The molecule has 2 unspecified atom stereocenters. The highest BCUT2D eigenvalue weighted by molar-refractivity contribution is 5.45. The second-order valence-electron chi connectivity index (χ2n) is 6.08. The third-order valence-corrected chi connectivity index (χ3v) is 4.17. The van der Waals surface area contributed by atoms with Crippen LogP contribution in [0.15, 0.2) is 18.2 Å². The van der Waals surface area contributed by atoms with Gasteiger partial charge < -0.3 is 15.2 Å². The summed E-state index contributed by atoms with van der Waals surface area (Å²) in [6, 6.07) is 5.90. The van der Waals surface area contributed by atoms with E-state index in [1.165, 1.54) is 6.42 Å². The van der Waals surface area contributed by atoms with E-state index in [4.69, 9.17) is 15.2 Å². The minimum atomic E-state index is -0.309. The zero-order valence-corrected chi connectivity index (χ0v) is 12.4. The zero-order chi connectivity index (χ0) is 14.0. The molecule has 3 nitrogen and oxygen atoms in total. The van der Waals surface area contributed by atoms with Crippen LogP contribution in [0.1, 0.15) is 38.7 Å². The molecule has 1 fully saturated rings. The fraction of sp³-hybridized carbons (Fsp3) is 0.625. The molecule has 1 aromatic carbocycles. The van der Waals surface area contributed by atoms with Gasteiger partial charge in [-0.1, -0.05) is 13.8 Å². The molecule has 1 aliphatic carbocycles. The van der Waals surface area contributed by atoms with Crippen LogP contribution in [0, 0.1) is 11.8 Å². The van der Waals surface area contributed by atoms with Gasteiger partial charge >= 0.3 is 0 Å². The van der Waals surface area contributed by atoms with Crippen molar-refractivity contribution in [3.63, 3.8) is 0 Å². The third-order valence-electron chi connectivity index (χ3n) is 4.17. The van der Waals surface area contributed by atoms with Crippen LogP contribution in [0.2, 0.25) is 0 Å². The summed E-state index contributed by atoms with van der Waals surface area (Å²) >= 11 is 0. The van der Waals surface area contributed by atoms with E-state index >= 15 is 0 Å². The van der Waals surface area contributed by atoms with E-state index in [0.717, 1.165) is 29.9 Å². The first kappa shape index (κ1) is 14.2. The maximum atomic E-state index is 6.73. The molecule has 2 rings (SSSR count). The van der Waals surface area contributed by atoms with Gasteiger partial charge in [0.15, 0.2) is 0 Å². The zero-order valence-electron chi connectivity index (χ0n) is 12.4. The van der Waals surface area contributed by atoms with E-state index < -0.39 is 0 Å². The van der Waals surface area contributed by atoms with Crippen LogP contribution in [0.4, 0.5) is 0 Å². The number of hydrogen-bond acceptors (Lipinski definition) is 3. The molecule has 19 heavy (non-hydrogen) atoms. The van der Waals surface area contributed by atoms with Crippen molar-refractivity contribution in [2.45, 2.75) is 38.6 Å². The summed E-state index contributed by atoms with van der Waals surface area (Å²) < 4.78 is 10.8. The van der Waals surface area contributed by atoms with E-state index in [0.29, 0.717) is 11.8 Å².